The van der Waals surface area contributed by atoms with E-state index in [0.29, 0.717) is 17.5 Å². The van der Waals surface area contributed by atoms with Crippen LogP contribution < -0.4 is 10.6 Å². The molecule has 3 rings (SSSR count). The van der Waals surface area contributed by atoms with Crippen molar-refractivity contribution in [3.8, 4) is 5.69 Å². The average Bonchev–Trinajstić information content (AvgIpc) is 3.08. The maximum Gasteiger partial charge on any atom is 0.290 e. The zero-order valence-corrected chi connectivity index (χ0v) is 17.3. The third-order valence-electron chi connectivity index (χ3n) is 4.67. The van der Waals surface area contributed by atoms with E-state index in [1.807, 2.05) is 32.0 Å². The third kappa shape index (κ3) is 5.43. The molecule has 0 aliphatic carbocycles. The van der Waals surface area contributed by atoms with Crippen molar-refractivity contribution in [1.29, 1.82) is 0 Å². The zero-order chi connectivity index (χ0) is 18.5. The highest BCUT2D eigenvalue weighted by molar-refractivity contribution is 6.32. The van der Waals surface area contributed by atoms with Gasteiger partial charge in [0.25, 0.3) is 5.91 Å². The highest BCUT2D eigenvalue weighted by Gasteiger charge is 2.21. The monoisotopic (exact) mass is 411 g/mol. The molecule has 1 saturated heterocycles. The SMILES string of the molecule is CC(C)c1nc(C(=O)NCCC2CCCNC2)nn1-c1ccccc1Cl.Cl. The van der Waals surface area contributed by atoms with Gasteiger partial charge in [-0.25, -0.2) is 9.67 Å². The topological polar surface area (TPSA) is 71.8 Å². The lowest BCUT2D eigenvalue weighted by Gasteiger charge is -2.22. The predicted octanol–water partition coefficient (Wildman–Crippen LogP) is 3.59. The van der Waals surface area contributed by atoms with E-state index in [1.165, 1.54) is 12.8 Å². The van der Waals surface area contributed by atoms with Crippen LogP contribution in [0.15, 0.2) is 24.3 Å². The number of aromatic nitrogens is 3. The molecule has 1 atom stereocenters. The summed E-state index contributed by atoms with van der Waals surface area (Å²) in [5.74, 6) is 1.43. The first-order valence-corrected chi connectivity index (χ1v) is 9.65. The van der Waals surface area contributed by atoms with Crippen LogP contribution in [0, 0.1) is 5.92 Å². The molecular formula is C19H27Cl2N5O. The Kier molecular flexibility index (Phi) is 8.07. The summed E-state index contributed by atoms with van der Waals surface area (Å²) in [6.07, 6.45) is 3.40. The van der Waals surface area contributed by atoms with Crippen LogP contribution in [0.2, 0.25) is 5.02 Å². The average molecular weight is 412 g/mol. The number of nitrogens with one attached hydrogen (secondary N) is 2. The summed E-state index contributed by atoms with van der Waals surface area (Å²) < 4.78 is 1.67. The number of nitrogens with zero attached hydrogens (tertiary/aromatic N) is 3. The fourth-order valence-corrected chi connectivity index (χ4v) is 3.45. The van der Waals surface area contributed by atoms with E-state index in [4.69, 9.17) is 11.6 Å². The lowest BCUT2D eigenvalue weighted by Crippen LogP contribution is -2.33. The fraction of sp³-hybridized carbons (Fsp3) is 0.526. The Morgan fingerprint density at radius 1 is 1.41 bits per heavy atom. The van der Waals surface area contributed by atoms with Crippen molar-refractivity contribution in [3.05, 3.63) is 40.9 Å². The molecule has 1 unspecified atom stereocenters. The summed E-state index contributed by atoms with van der Waals surface area (Å²) in [4.78, 5) is 17.0. The summed E-state index contributed by atoms with van der Waals surface area (Å²) >= 11 is 6.30. The minimum Gasteiger partial charge on any atom is -0.349 e. The molecule has 1 aromatic heterocycles. The Morgan fingerprint density at radius 2 is 2.19 bits per heavy atom. The number of para-hydroxylation sites is 1. The van der Waals surface area contributed by atoms with Gasteiger partial charge in [-0.3, -0.25) is 4.79 Å². The first-order chi connectivity index (χ1) is 12.6. The molecule has 6 nitrogen and oxygen atoms in total. The van der Waals surface area contributed by atoms with Crippen molar-refractivity contribution in [3.63, 3.8) is 0 Å². The van der Waals surface area contributed by atoms with Crippen molar-refractivity contribution in [2.45, 2.75) is 39.0 Å². The predicted molar refractivity (Wildman–Crippen MR) is 110 cm³/mol. The minimum atomic E-state index is -0.235. The lowest BCUT2D eigenvalue weighted by atomic mass is 9.96. The van der Waals surface area contributed by atoms with Crippen molar-refractivity contribution in [2.75, 3.05) is 19.6 Å². The molecule has 0 spiro atoms. The van der Waals surface area contributed by atoms with E-state index in [-0.39, 0.29) is 30.1 Å². The van der Waals surface area contributed by atoms with Gasteiger partial charge in [0.1, 0.15) is 5.82 Å². The fourth-order valence-electron chi connectivity index (χ4n) is 3.23. The number of hydrogen-bond acceptors (Lipinski definition) is 4. The van der Waals surface area contributed by atoms with Crippen molar-refractivity contribution < 1.29 is 4.79 Å². The van der Waals surface area contributed by atoms with Gasteiger partial charge in [0.05, 0.1) is 10.7 Å². The number of halogens is 2. The van der Waals surface area contributed by atoms with E-state index in [2.05, 4.69) is 20.7 Å². The number of carbonyl (C=O) groups is 1. The molecule has 0 bridgehead atoms. The number of piperidine rings is 1. The molecule has 1 aliphatic heterocycles. The quantitative estimate of drug-likeness (QED) is 0.761. The van der Waals surface area contributed by atoms with E-state index in [9.17, 15) is 4.79 Å². The van der Waals surface area contributed by atoms with Crippen LogP contribution in [0.4, 0.5) is 0 Å². The molecule has 0 saturated carbocycles. The highest BCUT2D eigenvalue weighted by Crippen LogP contribution is 2.23. The smallest absolute Gasteiger partial charge is 0.290 e. The summed E-state index contributed by atoms with van der Waals surface area (Å²) in [6.45, 7) is 6.82. The molecule has 8 heteroatoms. The normalized spacial score (nSPS) is 16.8. The first-order valence-electron chi connectivity index (χ1n) is 9.27. The Hall–Kier alpha value is -1.63. The molecule has 148 valence electrons. The van der Waals surface area contributed by atoms with Crippen molar-refractivity contribution >= 4 is 29.9 Å². The molecule has 2 aromatic rings. The Labute approximate surface area is 171 Å². The summed E-state index contributed by atoms with van der Waals surface area (Å²) in [6, 6.07) is 7.44. The molecule has 1 aliphatic rings. The number of amides is 1. The van der Waals surface area contributed by atoms with Crippen LogP contribution in [-0.4, -0.2) is 40.3 Å². The second-order valence-corrected chi connectivity index (χ2v) is 7.48. The van der Waals surface area contributed by atoms with E-state index in [0.717, 1.165) is 31.0 Å². The van der Waals surface area contributed by atoms with Crippen LogP contribution in [0.5, 0.6) is 0 Å². The second-order valence-electron chi connectivity index (χ2n) is 7.07. The van der Waals surface area contributed by atoms with E-state index >= 15 is 0 Å². The third-order valence-corrected chi connectivity index (χ3v) is 4.99. The number of rotatable bonds is 6. The molecule has 2 heterocycles. The second kappa shape index (κ2) is 10.1. The van der Waals surface area contributed by atoms with Gasteiger partial charge in [-0.2, -0.15) is 0 Å². The molecule has 1 fully saturated rings. The molecule has 1 aromatic carbocycles. The summed E-state index contributed by atoms with van der Waals surface area (Å²) in [7, 11) is 0. The molecule has 0 radical (unpaired) electrons. The zero-order valence-electron chi connectivity index (χ0n) is 15.7. The number of carbonyl (C=O) groups excluding carboxylic acids is 1. The number of hydrogen-bond donors (Lipinski definition) is 2. The van der Waals surface area contributed by atoms with Crippen LogP contribution >= 0.6 is 24.0 Å². The molecular weight excluding hydrogens is 385 g/mol. The Bertz CT molecular complexity index is 756. The van der Waals surface area contributed by atoms with Crippen LogP contribution in [-0.2, 0) is 0 Å². The van der Waals surface area contributed by atoms with Crippen molar-refractivity contribution in [2.24, 2.45) is 5.92 Å². The van der Waals surface area contributed by atoms with Gasteiger partial charge in [-0.05, 0) is 50.4 Å². The van der Waals surface area contributed by atoms with Crippen molar-refractivity contribution in [1.82, 2.24) is 25.4 Å². The van der Waals surface area contributed by atoms with Gasteiger partial charge < -0.3 is 10.6 Å². The van der Waals surface area contributed by atoms with Gasteiger partial charge in [-0.1, -0.05) is 37.6 Å². The largest absolute Gasteiger partial charge is 0.349 e. The van der Waals surface area contributed by atoms with E-state index in [1.54, 1.807) is 10.7 Å². The standard InChI is InChI=1S/C19H26ClN5O.ClH/c1-13(2)18-23-17(24-25(18)16-8-4-3-7-15(16)20)19(26)22-11-9-14-6-5-10-21-12-14;/h3-4,7-8,13-14,21H,5-6,9-12H2,1-2H3,(H,22,26);1H. The molecule has 27 heavy (non-hydrogen) atoms. The maximum atomic E-state index is 12.5. The first kappa shape index (κ1) is 21.7. The van der Waals surface area contributed by atoms with E-state index < -0.39 is 0 Å². The summed E-state index contributed by atoms with van der Waals surface area (Å²) in [5.41, 5.74) is 0.734. The van der Waals surface area contributed by atoms with Gasteiger partial charge >= 0.3 is 0 Å². The number of benzene rings is 1. The van der Waals surface area contributed by atoms with Gasteiger partial charge in [0.15, 0.2) is 0 Å². The van der Waals surface area contributed by atoms with Gasteiger partial charge in [-0.15, -0.1) is 17.5 Å². The van der Waals surface area contributed by atoms with Crippen LogP contribution in [0.25, 0.3) is 5.69 Å². The molecule has 1 amide bonds. The highest BCUT2D eigenvalue weighted by atomic mass is 35.5. The molecule has 2 N–H and O–H groups in total. The minimum absolute atomic E-state index is 0. The van der Waals surface area contributed by atoms with Gasteiger partial charge in [0.2, 0.25) is 5.82 Å². The Balaban J connectivity index is 0.00000261. The lowest BCUT2D eigenvalue weighted by molar-refractivity contribution is 0.0940. The maximum absolute atomic E-state index is 12.5. The van der Waals surface area contributed by atoms with Crippen LogP contribution in [0.1, 0.15) is 55.5 Å². The van der Waals surface area contributed by atoms with Crippen LogP contribution in [0.3, 0.4) is 0 Å². The summed E-state index contributed by atoms with van der Waals surface area (Å²) in [5, 5.41) is 11.4. The Morgan fingerprint density at radius 3 is 2.85 bits per heavy atom. The van der Waals surface area contributed by atoms with Gasteiger partial charge in [0, 0.05) is 12.5 Å².